The molecule has 9 bridgehead atoms. The zero-order valence-electron chi connectivity index (χ0n) is 24.7. The molecule has 2 saturated heterocycles. The molecule has 2 spiro atoms. The number of aliphatic hydroxyl groups is 1. The van der Waals surface area contributed by atoms with Gasteiger partial charge in [-0.3, -0.25) is 0 Å². The van der Waals surface area contributed by atoms with Crippen molar-refractivity contribution in [1.29, 1.82) is 0 Å². The monoisotopic (exact) mass is 553 g/mol. The average Bonchev–Trinajstić information content (AvgIpc) is 3.37. The summed E-state index contributed by atoms with van der Waals surface area (Å²) in [7, 11) is 0. The Balaban J connectivity index is 1.31. The first-order chi connectivity index (χ1) is 19.7. The molecule has 7 aliphatic carbocycles. The van der Waals surface area contributed by atoms with Crippen molar-refractivity contribution < 1.29 is 14.9 Å². The van der Waals surface area contributed by atoms with Crippen molar-refractivity contribution >= 4 is 0 Å². The molecule has 5 saturated carbocycles. The van der Waals surface area contributed by atoms with Crippen LogP contribution in [0.15, 0.2) is 30.4 Å². The summed E-state index contributed by atoms with van der Waals surface area (Å²) < 4.78 is 7.75. The lowest BCUT2D eigenvalue weighted by molar-refractivity contribution is -0.383. The molecule has 218 valence electrons. The van der Waals surface area contributed by atoms with Crippen LogP contribution in [0.5, 0.6) is 5.75 Å². The molecule has 1 aromatic rings. The van der Waals surface area contributed by atoms with Gasteiger partial charge in [0.25, 0.3) is 0 Å². The van der Waals surface area contributed by atoms with Gasteiger partial charge in [-0.25, -0.2) is 0 Å². The Morgan fingerprint density at radius 1 is 1.00 bits per heavy atom. The van der Waals surface area contributed by atoms with Crippen LogP contribution in [0.2, 0.25) is 0 Å². The van der Waals surface area contributed by atoms with Crippen molar-refractivity contribution in [2.75, 3.05) is 6.61 Å². The van der Waals surface area contributed by atoms with E-state index in [1.165, 1.54) is 68.9 Å². The van der Waals surface area contributed by atoms with Crippen LogP contribution in [-0.2, 0) is 4.74 Å². The first-order valence-corrected chi connectivity index (χ1v) is 16.9. The predicted molar refractivity (Wildman–Crippen MR) is 159 cm³/mol. The van der Waals surface area contributed by atoms with E-state index in [2.05, 4.69) is 37.0 Å². The number of ether oxygens (including phenoxy) is 1. The van der Waals surface area contributed by atoms with Gasteiger partial charge in [0, 0.05) is 29.9 Å². The number of phenols is 1. The van der Waals surface area contributed by atoms with E-state index in [1.54, 1.807) is 0 Å². The molecule has 4 N–H and O–H groups in total. The third kappa shape index (κ3) is 3.14. The number of allylic oxidation sites excluding steroid dienone is 2. The number of nitrogens with two attached hydrogens (primary N) is 1. The van der Waals surface area contributed by atoms with Gasteiger partial charge >= 0.3 is 0 Å². The van der Waals surface area contributed by atoms with Crippen molar-refractivity contribution in [2.45, 2.75) is 119 Å². The van der Waals surface area contributed by atoms with Crippen molar-refractivity contribution in [3.05, 3.63) is 41.5 Å². The van der Waals surface area contributed by atoms with E-state index in [-0.39, 0.29) is 46.9 Å². The van der Waals surface area contributed by atoms with Gasteiger partial charge in [-0.05, 0) is 117 Å². The van der Waals surface area contributed by atoms with Crippen LogP contribution >= 0.6 is 0 Å². The fourth-order valence-corrected chi connectivity index (χ4v) is 13.5. The third-order valence-electron chi connectivity index (χ3n) is 14.5. The topological polar surface area (TPSA) is 75.7 Å². The standard InChI is InChI=1S/C37H47NO3/c1-33-12-4-15-35-16-11-25(21-39)37(38,32(33)35)31-10-6-23-5-8-28(29-9-7-27(40)18-30(23)29)24-17-26(36(31,22-35)41-33)20-34(19-24)13-2-3-14-34/h5,7-9,18,23-26,28,31-32,39-40H,2-4,11-17,19-22,38H2,1H3/t23-,24-,25-,26+,28-,31+,32+,33+,35-,36+,37-/m0/s1. The van der Waals surface area contributed by atoms with Gasteiger partial charge < -0.3 is 20.7 Å². The number of rotatable bonds is 1. The lowest BCUT2D eigenvalue weighted by Crippen LogP contribution is -2.86. The van der Waals surface area contributed by atoms with Crippen LogP contribution in [0.4, 0.5) is 0 Å². The maximum Gasteiger partial charge on any atom is 0.115 e. The van der Waals surface area contributed by atoms with Crippen LogP contribution in [0.3, 0.4) is 0 Å². The number of phenolic OH excluding ortho intramolecular Hbond substituents is 1. The van der Waals surface area contributed by atoms with Gasteiger partial charge in [-0.15, -0.1) is 0 Å². The van der Waals surface area contributed by atoms with Crippen molar-refractivity contribution in [3.63, 3.8) is 0 Å². The molecule has 2 heterocycles. The van der Waals surface area contributed by atoms with Crippen LogP contribution in [0, 0.1) is 52.3 Å². The van der Waals surface area contributed by atoms with Crippen molar-refractivity contribution in [1.82, 2.24) is 0 Å². The molecule has 2 aliphatic heterocycles. The Hall–Kier alpha value is -1.80. The highest BCUT2D eigenvalue weighted by atomic mass is 16.5. The Morgan fingerprint density at radius 3 is 2.68 bits per heavy atom. The molecular weight excluding hydrogens is 506 g/mol. The Labute approximate surface area is 245 Å². The predicted octanol–water partition coefficient (Wildman–Crippen LogP) is 6.56. The highest BCUT2D eigenvalue weighted by Crippen LogP contribution is 2.76. The Kier molecular flexibility index (Phi) is 5.15. The summed E-state index contributed by atoms with van der Waals surface area (Å²) >= 11 is 0. The summed E-state index contributed by atoms with van der Waals surface area (Å²) in [5, 5.41) is 21.5. The zero-order chi connectivity index (χ0) is 27.8. The molecule has 0 aromatic heterocycles. The van der Waals surface area contributed by atoms with Gasteiger partial charge in [-0.2, -0.15) is 0 Å². The quantitative estimate of drug-likeness (QED) is 0.272. The molecule has 0 unspecified atom stereocenters. The van der Waals surface area contributed by atoms with Gasteiger partial charge in [0.15, 0.2) is 0 Å². The minimum absolute atomic E-state index is 0.0481. The van der Waals surface area contributed by atoms with Crippen LogP contribution in [-0.4, -0.2) is 33.6 Å². The van der Waals surface area contributed by atoms with Crippen molar-refractivity contribution in [3.8, 4) is 17.6 Å². The van der Waals surface area contributed by atoms with Gasteiger partial charge in [-0.1, -0.05) is 49.3 Å². The molecule has 7 fully saturated rings. The van der Waals surface area contributed by atoms with Gasteiger partial charge in [0.05, 0.1) is 23.0 Å². The lowest BCUT2D eigenvalue weighted by atomic mass is 9.33. The number of benzene rings is 1. The molecule has 11 atom stereocenters. The summed E-state index contributed by atoms with van der Waals surface area (Å²) in [6.45, 7) is 2.55. The Morgan fingerprint density at radius 2 is 1.85 bits per heavy atom. The largest absolute Gasteiger partial charge is 0.508 e. The summed E-state index contributed by atoms with van der Waals surface area (Å²) in [6.07, 6.45) is 20.8. The zero-order valence-corrected chi connectivity index (χ0v) is 24.7. The smallest absolute Gasteiger partial charge is 0.115 e. The molecule has 0 amide bonds. The number of hydrogen-bond donors (Lipinski definition) is 3. The first kappa shape index (κ1) is 25.7. The van der Waals surface area contributed by atoms with E-state index in [0.29, 0.717) is 28.9 Å². The highest BCUT2D eigenvalue weighted by Gasteiger charge is 2.80. The van der Waals surface area contributed by atoms with Crippen molar-refractivity contribution in [2.24, 2.45) is 46.2 Å². The molecule has 41 heavy (non-hydrogen) atoms. The first-order valence-electron chi connectivity index (χ1n) is 16.9. The van der Waals surface area contributed by atoms with Crippen LogP contribution in [0.25, 0.3) is 0 Å². The fourth-order valence-electron chi connectivity index (χ4n) is 13.5. The lowest BCUT2D eigenvalue weighted by Gasteiger charge is -2.79. The van der Waals surface area contributed by atoms with Crippen LogP contribution < -0.4 is 5.73 Å². The summed E-state index contributed by atoms with van der Waals surface area (Å²) in [5.41, 5.74) is 9.95. The number of aromatic hydroxyl groups is 1. The third-order valence-corrected chi connectivity index (χ3v) is 14.5. The minimum atomic E-state index is -0.543. The SMILES string of the molecule is C[C@]12CCC[C@]34CC[C@@H](CO)[C@](N)([C@@H]5C#C[C@@H]6C=C[C@H](c7ccc(O)cc76)[C@H]6C[C@H](CC7(CCCC7)C6)[C@@]5(C3)O1)[C@@H]42. The van der Waals surface area contributed by atoms with E-state index in [9.17, 15) is 10.2 Å². The maximum atomic E-state index is 10.9. The molecule has 0 radical (unpaired) electrons. The van der Waals surface area contributed by atoms with E-state index >= 15 is 0 Å². The normalized spacial score (nSPS) is 51.3. The second-order valence-corrected chi connectivity index (χ2v) is 16.3. The molecule has 4 nitrogen and oxygen atoms in total. The minimum Gasteiger partial charge on any atom is -0.508 e. The summed E-state index contributed by atoms with van der Waals surface area (Å²) in [4.78, 5) is 0. The number of aliphatic hydroxyl groups excluding tert-OH is 1. The van der Waals surface area contributed by atoms with Gasteiger partial charge in [0.2, 0.25) is 0 Å². The Bertz CT molecular complexity index is 1380. The van der Waals surface area contributed by atoms with E-state index in [4.69, 9.17) is 10.5 Å². The maximum absolute atomic E-state index is 10.9. The van der Waals surface area contributed by atoms with Gasteiger partial charge in [0.1, 0.15) is 5.75 Å². The second-order valence-electron chi connectivity index (χ2n) is 16.3. The van der Waals surface area contributed by atoms with E-state index in [1.807, 2.05) is 12.1 Å². The van der Waals surface area contributed by atoms with E-state index in [0.717, 1.165) is 25.7 Å². The molecule has 10 rings (SSSR count). The number of hydrogen-bond acceptors (Lipinski definition) is 4. The number of fused-ring (bicyclic) bond motifs is 8. The van der Waals surface area contributed by atoms with Crippen LogP contribution in [0.1, 0.15) is 113 Å². The molecule has 4 heteroatoms. The molecule has 9 aliphatic rings. The second kappa shape index (κ2) is 8.22. The highest BCUT2D eigenvalue weighted by molar-refractivity contribution is 5.51. The fraction of sp³-hybridized carbons (Fsp3) is 0.730. The summed E-state index contributed by atoms with van der Waals surface area (Å²) in [6, 6.07) is 6.05. The average molecular weight is 554 g/mol. The molecular formula is C37H47NO3. The van der Waals surface area contributed by atoms with E-state index < -0.39 is 5.54 Å². The molecule has 1 aromatic carbocycles. The summed E-state index contributed by atoms with van der Waals surface area (Å²) in [5.74, 6) is 9.56.